The predicted molar refractivity (Wildman–Crippen MR) is 136 cm³/mol. The molecule has 0 radical (unpaired) electrons. The summed E-state index contributed by atoms with van der Waals surface area (Å²) in [6.07, 6.45) is 3.97. The second-order valence-electron chi connectivity index (χ2n) is 8.25. The molecule has 34 heavy (non-hydrogen) atoms. The summed E-state index contributed by atoms with van der Waals surface area (Å²) in [5.41, 5.74) is 4.86. The summed E-state index contributed by atoms with van der Waals surface area (Å²) in [5, 5.41) is 3.90. The van der Waals surface area contributed by atoms with Gasteiger partial charge in [-0.05, 0) is 28.8 Å². The first-order chi connectivity index (χ1) is 16.7. The summed E-state index contributed by atoms with van der Waals surface area (Å²) in [6.45, 7) is 0. The zero-order valence-corrected chi connectivity index (χ0v) is 19.3. The lowest BCUT2D eigenvalue weighted by Crippen LogP contribution is -2.30. The maximum Gasteiger partial charge on any atom is 0.221 e. The summed E-state index contributed by atoms with van der Waals surface area (Å²) >= 11 is 6.28. The van der Waals surface area contributed by atoms with Crippen LogP contribution in [0.2, 0.25) is 5.02 Å². The molecule has 5 rings (SSSR count). The number of carbonyl (C=O) groups is 1. The molecule has 0 aliphatic carbocycles. The number of hydrogen-bond donors (Lipinski definition) is 1. The number of halogens is 1. The van der Waals surface area contributed by atoms with E-state index in [2.05, 4.69) is 10.3 Å². The van der Waals surface area contributed by atoms with Gasteiger partial charge in [-0.25, -0.2) is 4.98 Å². The van der Waals surface area contributed by atoms with Crippen molar-refractivity contribution in [1.29, 1.82) is 0 Å². The van der Waals surface area contributed by atoms with E-state index < -0.39 is 0 Å². The number of fused-ring (bicyclic) bond motifs is 1. The summed E-state index contributed by atoms with van der Waals surface area (Å²) in [7, 11) is 0. The van der Waals surface area contributed by atoms with Crippen LogP contribution >= 0.6 is 11.6 Å². The van der Waals surface area contributed by atoms with Crippen LogP contribution < -0.4 is 5.32 Å². The summed E-state index contributed by atoms with van der Waals surface area (Å²) in [4.78, 5) is 18.1. The van der Waals surface area contributed by atoms with Crippen molar-refractivity contribution in [2.24, 2.45) is 0 Å². The van der Waals surface area contributed by atoms with Gasteiger partial charge in [-0.3, -0.25) is 4.79 Å². The first-order valence-electron chi connectivity index (χ1n) is 11.3. The third-order valence-corrected chi connectivity index (χ3v) is 6.24. The van der Waals surface area contributed by atoms with Crippen molar-refractivity contribution in [2.45, 2.75) is 18.4 Å². The minimum atomic E-state index is -0.233. The van der Waals surface area contributed by atoms with E-state index in [0.29, 0.717) is 5.02 Å². The van der Waals surface area contributed by atoms with Gasteiger partial charge >= 0.3 is 0 Å². The first kappa shape index (κ1) is 21.9. The van der Waals surface area contributed by atoms with Crippen molar-refractivity contribution in [3.05, 3.63) is 143 Å². The summed E-state index contributed by atoms with van der Waals surface area (Å²) in [5.74, 6) is -0.217. The van der Waals surface area contributed by atoms with E-state index in [9.17, 15) is 4.79 Å². The molecule has 2 heterocycles. The molecule has 1 atom stereocenters. The maximum absolute atomic E-state index is 13.5. The molecular weight excluding hydrogens is 442 g/mol. The third kappa shape index (κ3) is 4.73. The molecule has 5 aromatic rings. The van der Waals surface area contributed by atoms with Gasteiger partial charge in [0.05, 0.1) is 16.8 Å². The molecule has 1 amide bonds. The Morgan fingerprint density at radius 3 is 1.94 bits per heavy atom. The van der Waals surface area contributed by atoms with Crippen LogP contribution in [0.25, 0.3) is 5.65 Å². The van der Waals surface area contributed by atoms with Gasteiger partial charge in [0.2, 0.25) is 5.91 Å². The Balaban J connectivity index is 1.48. The number of benzene rings is 3. The van der Waals surface area contributed by atoms with Gasteiger partial charge in [0.25, 0.3) is 0 Å². The number of rotatable bonds is 7. The number of pyridine rings is 1. The largest absolute Gasteiger partial charge is 0.345 e. The predicted octanol–water partition coefficient (Wildman–Crippen LogP) is 6.42. The van der Waals surface area contributed by atoms with E-state index in [1.165, 1.54) is 0 Å². The standard InChI is InChI=1S/C29H24ClN3O/c30-24-16-17-27-31-19-26(33(27)20-24)25(21-10-4-1-5-11-21)18-28(34)32-29(22-12-6-2-7-13-22)23-14-8-3-9-15-23/h1-17,19-20,25,29H,18H2,(H,32,34). The van der Waals surface area contributed by atoms with Gasteiger partial charge < -0.3 is 9.72 Å². The number of nitrogens with one attached hydrogen (secondary N) is 1. The van der Waals surface area contributed by atoms with E-state index in [-0.39, 0.29) is 24.3 Å². The van der Waals surface area contributed by atoms with Gasteiger partial charge in [0.15, 0.2) is 0 Å². The second-order valence-corrected chi connectivity index (χ2v) is 8.68. The Morgan fingerprint density at radius 1 is 0.794 bits per heavy atom. The van der Waals surface area contributed by atoms with E-state index in [0.717, 1.165) is 28.0 Å². The van der Waals surface area contributed by atoms with Crippen LogP contribution in [-0.4, -0.2) is 15.3 Å². The number of aromatic nitrogens is 2. The molecular formula is C29H24ClN3O. The summed E-state index contributed by atoms with van der Waals surface area (Å²) in [6, 6.07) is 33.6. The number of amides is 1. The molecule has 1 unspecified atom stereocenters. The van der Waals surface area contributed by atoms with E-state index in [1.54, 1.807) is 0 Å². The highest BCUT2D eigenvalue weighted by Crippen LogP contribution is 2.30. The van der Waals surface area contributed by atoms with Gasteiger partial charge in [-0.15, -0.1) is 0 Å². The van der Waals surface area contributed by atoms with Crippen molar-refractivity contribution >= 4 is 23.2 Å². The van der Waals surface area contributed by atoms with Crippen molar-refractivity contribution in [3.8, 4) is 0 Å². The van der Waals surface area contributed by atoms with Crippen LogP contribution in [0.15, 0.2) is 116 Å². The fourth-order valence-corrected chi connectivity index (χ4v) is 4.53. The minimum absolute atomic E-state index is 0.0384. The molecule has 3 aromatic carbocycles. The molecule has 5 heteroatoms. The molecule has 0 bridgehead atoms. The number of imidazole rings is 1. The molecule has 0 fully saturated rings. The molecule has 0 aliphatic heterocycles. The Hall–Kier alpha value is -3.89. The van der Waals surface area contributed by atoms with E-state index >= 15 is 0 Å². The maximum atomic E-state index is 13.5. The van der Waals surface area contributed by atoms with Gasteiger partial charge in [0.1, 0.15) is 5.65 Å². The molecule has 168 valence electrons. The van der Waals surface area contributed by atoms with E-state index in [4.69, 9.17) is 11.6 Å². The molecule has 0 saturated heterocycles. The highest BCUT2D eigenvalue weighted by Gasteiger charge is 2.24. The Bertz CT molecular complexity index is 1350. The number of nitrogens with zero attached hydrogens (tertiary/aromatic N) is 2. The minimum Gasteiger partial charge on any atom is -0.345 e. The van der Waals surface area contributed by atoms with Crippen molar-refractivity contribution in [3.63, 3.8) is 0 Å². The molecule has 4 nitrogen and oxygen atoms in total. The topological polar surface area (TPSA) is 46.4 Å². The van der Waals surface area contributed by atoms with Gasteiger partial charge in [-0.2, -0.15) is 0 Å². The quantitative estimate of drug-likeness (QED) is 0.301. The average Bonchev–Trinajstić information content (AvgIpc) is 3.30. The molecule has 0 saturated carbocycles. The highest BCUT2D eigenvalue weighted by molar-refractivity contribution is 6.30. The van der Waals surface area contributed by atoms with Crippen LogP contribution in [0.4, 0.5) is 0 Å². The Labute approximate surface area is 203 Å². The van der Waals surface area contributed by atoms with Crippen molar-refractivity contribution < 1.29 is 4.79 Å². The first-order valence-corrected chi connectivity index (χ1v) is 11.6. The van der Waals surface area contributed by atoms with Crippen LogP contribution in [0.1, 0.15) is 40.8 Å². The average molecular weight is 466 g/mol. The number of carbonyl (C=O) groups excluding carboxylic acids is 1. The van der Waals surface area contributed by atoms with Crippen LogP contribution in [-0.2, 0) is 4.79 Å². The fourth-order valence-electron chi connectivity index (χ4n) is 4.37. The third-order valence-electron chi connectivity index (χ3n) is 6.02. The Kier molecular flexibility index (Phi) is 6.41. The number of hydrogen-bond acceptors (Lipinski definition) is 2. The van der Waals surface area contributed by atoms with Crippen LogP contribution in [0.5, 0.6) is 0 Å². The molecule has 1 N–H and O–H groups in total. The van der Waals surface area contributed by atoms with Crippen molar-refractivity contribution in [2.75, 3.05) is 0 Å². The normalized spacial score (nSPS) is 12.1. The monoisotopic (exact) mass is 465 g/mol. The van der Waals surface area contributed by atoms with Crippen LogP contribution in [0, 0.1) is 0 Å². The zero-order chi connectivity index (χ0) is 23.3. The lowest BCUT2D eigenvalue weighted by Gasteiger charge is -2.22. The smallest absolute Gasteiger partial charge is 0.221 e. The SMILES string of the molecule is O=C(CC(c1ccccc1)c1cnc2ccc(Cl)cn12)NC(c1ccccc1)c1ccccc1. The second kappa shape index (κ2) is 9.94. The van der Waals surface area contributed by atoms with Gasteiger partial charge in [-0.1, -0.05) is 103 Å². The van der Waals surface area contributed by atoms with E-state index in [1.807, 2.05) is 120 Å². The Morgan fingerprint density at radius 2 is 1.35 bits per heavy atom. The van der Waals surface area contributed by atoms with Crippen molar-refractivity contribution in [1.82, 2.24) is 14.7 Å². The lowest BCUT2D eigenvalue weighted by atomic mass is 9.91. The fraction of sp³-hybridized carbons (Fsp3) is 0.103. The molecule has 0 aliphatic rings. The lowest BCUT2D eigenvalue weighted by molar-refractivity contribution is -0.121. The molecule has 2 aromatic heterocycles. The van der Waals surface area contributed by atoms with Gasteiger partial charge in [0, 0.05) is 24.7 Å². The van der Waals surface area contributed by atoms with Crippen LogP contribution in [0.3, 0.4) is 0 Å². The molecule has 0 spiro atoms. The zero-order valence-electron chi connectivity index (χ0n) is 18.5. The highest BCUT2D eigenvalue weighted by atomic mass is 35.5. The summed E-state index contributed by atoms with van der Waals surface area (Å²) < 4.78 is 1.97.